The van der Waals surface area contributed by atoms with Crippen LogP contribution >= 0.6 is 11.6 Å². The fourth-order valence-corrected chi connectivity index (χ4v) is 1.68. The molecule has 0 saturated carbocycles. The molecule has 0 bridgehead atoms. The minimum atomic E-state index is -0.508. The summed E-state index contributed by atoms with van der Waals surface area (Å²) in [6.07, 6.45) is 1.56. The van der Waals surface area contributed by atoms with Crippen molar-refractivity contribution in [2.24, 2.45) is 0 Å². The number of benzene rings is 1. The summed E-state index contributed by atoms with van der Waals surface area (Å²) in [5.74, 6) is -0.542. The SMILES string of the molecule is C[C@@H]1NC(=O)C(=Cc2ccccc2Cl)NC1=O. The van der Waals surface area contributed by atoms with Crippen LogP contribution in [0.2, 0.25) is 5.02 Å². The highest BCUT2D eigenvalue weighted by Crippen LogP contribution is 2.18. The Morgan fingerprint density at radius 2 is 2.00 bits per heavy atom. The minimum absolute atomic E-state index is 0.209. The van der Waals surface area contributed by atoms with E-state index in [1.807, 2.05) is 6.07 Å². The van der Waals surface area contributed by atoms with Crippen molar-refractivity contribution in [3.05, 3.63) is 40.5 Å². The molecule has 2 rings (SSSR count). The minimum Gasteiger partial charge on any atom is -0.339 e. The Morgan fingerprint density at radius 3 is 2.71 bits per heavy atom. The van der Waals surface area contributed by atoms with Crippen molar-refractivity contribution in [1.82, 2.24) is 10.6 Å². The second-order valence-electron chi connectivity index (χ2n) is 3.76. The zero-order valence-corrected chi connectivity index (χ0v) is 9.91. The third-order valence-electron chi connectivity index (χ3n) is 2.45. The van der Waals surface area contributed by atoms with Gasteiger partial charge in [-0.2, -0.15) is 0 Å². The molecule has 1 aliphatic rings. The van der Waals surface area contributed by atoms with Gasteiger partial charge in [-0.25, -0.2) is 0 Å². The fraction of sp³-hybridized carbons (Fsp3) is 0.167. The highest BCUT2D eigenvalue weighted by atomic mass is 35.5. The molecular formula is C12H11ClN2O2. The first-order chi connectivity index (χ1) is 8.08. The van der Waals surface area contributed by atoms with Crippen LogP contribution in [0.4, 0.5) is 0 Å². The van der Waals surface area contributed by atoms with Crippen LogP contribution in [0.15, 0.2) is 30.0 Å². The van der Waals surface area contributed by atoms with Crippen molar-refractivity contribution in [2.45, 2.75) is 13.0 Å². The van der Waals surface area contributed by atoms with Crippen molar-refractivity contribution in [2.75, 3.05) is 0 Å². The van der Waals surface area contributed by atoms with Gasteiger partial charge in [0.25, 0.3) is 5.91 Å². The lowest BCUT2D eigenvalue weighted by atomic mass is 10.1. The lowest BCUT2D eigenvalue weighted by molar-refractivity contribution is -0.130. The Hall–Kier alpha value is -1.81. The largest absolute Gasteiger partial charge is 0.339 e. The van der Waals surface area contributed by atoms with Gasteiger partial charge in [-0.3, -0.25) is 9.59 Å². The van der Waals surface area contributed by atoms with E-state index in [0.29, 0.717) is 10.6 Å². The first-order valence-corrected chi connectivity index (χ1v) is 5.53. The molecule has 1 saturated heterocycles. The van der Waals surface area contributed by atoms with E-state index in [4.69, 9.17) is 11.6 Å². The van der Waals surface area contributed by atoms with Crippen LogP contribution in [-0.2, 0) is 9.59 Å². The summed E-state index contributed by atoms with van der Waals surface area (Å²) in [5.41, 5.74) is 0.898. The van der Waals surface area contributed by atoms with Crippen LogP contribution < -0.4 is 10.6 Å². The molecule has 2 N–H and O–H groups in total. The van der Waals surface area contributed by atoms with Crippen molar-refractivity contribution in [3.8, 4) is 0 Å². The molecule has 1 aliphatic heterocycles. The maximum atomic E-state index is 11.6. The molecule has 88 valence electrons. The van der Waals surface area contributed by atoms with Gasteiger partial charge >= 0.3 is 0 Å². The van der Waals surface area contributed by atoms with Crippen molar-refractivity contribution >= 4 is 29.5 Å². The summed E-state index contributed by atoms with van der Waals surface area (Å²) < 4.78 is 0. The number of carbonyl (C=O) groups excluding carboxylic acids is 2. The zero-order chi connectivity index (χ0) is 12.4. The van der Waals surface area contributed by atoms with Gasteiger partial charge in [0.1, 0.15) is 11.7 Å². The summed E-state index contributed by atoms with van der Waals surface area (Å²) in [5, 5.41) is 5.63. The number of hydrogen-bond acceptors (Lipinski definition) is 2. The van der Waals surface area contributed by atoms with Crippen LogP contribution in [0.3, 0.4) is 0 Å². The van der Waals surface area contributed by atoms with E-state index in [-0.39, 0.29) is 17.5 Å². The van der Waals surface area contributed by atoms with Gasteiger partial charge < -0.3 is 10.6 Å². The number of amides is 2. The molecule has 1 fully saturated rings. The Balaban J connectivity index is 2.31. The van der Waals surface area contributed by atoms with E-state index in [1.54, 1.807) is 31.2 Å². The summed E-state index contributed by atoms with van der Waals surface area (Å²) in [6, 6.07) is 6.59. The van der Waals surface area contributed by atoms with E-state index in [1.165, 1.54) is 0 Å². The average Bonchev–Trinajstić information content (AvgIpc) is 2.29. The van der Waals surface area contributed by atoms with E-state index in [0.717, 1.165) is 0 Å². The highest BCUT2D eigenvalue weighted by molar-refractivity contribution is 6.32. The molecule has 0 aromatic heterocycles. The lowest BCUT2D eigenvalue weighted by Crippen LogP contribution is -2.53. The van der Waals surface area contributed by atoms with Gasteiger partial charge in [0.05, 0.1) is 0 Å². The molecule has 0 radical (unpaired) electrons. The Morgan fingerprint density at radius 1 is 1.29 bits per heavy atom. The number of hydrogen-bond donors (Lipinski definition) is 2. The fourth-order valence-electron chi connectivity index (χ4n) is 1.49. The smallest absolute Gasteiger partial charge is 0.268 e. The normalized spacial score (nSPS) is 22.2. The summed E-state index contributed by atoms with van der Waals surface area (Å²) in [4.78, 5) is 23.1. The van der Waals surface area contributed by atoms with Gasteiger partial charge in [-0.15, -0.1) is 0 Å². The molecule has 1 heterocycles. The molecule has 1 atom stereocenters. The maximum Gasteiger partial charge on any atom is 0.268 e. The van der Waals surface area contributed by atoms with Crippen LogP contribution in [-0.4, -0.2) is 17.9 Å². The van der Waals surface area contributed by atoms with Gasteiger partial charge in [-0.05, 0) is 24.6 Å². The first-order valence-electron chi connectivity index (χ1n) is 5.16. The number of piperazine rings is 1. The Bertz CT molecular complexity index is 511. The Labute approximate surface area is 104 Å². The predicted octanol–water partition coefficient (Wildman–Crippen LogP) is 1.32. The summed E-state index contributed by atoms with van der Waals surface area (Å²) in [6.45, 7) is 1.62. The van der Waals surface area contributed by atoms with Crippen molar-refractivity contribution in [3.63, 3.8) is 0 Å². The second kappa shape index (κ2) is 4.59. The first kappa shape index (κ1) is 11.7. The van der Waals surface area contributed by atoms with Gasteiger partial charge in [0.15, 0.2) is 0 Å². The molecule has 0 spiro atoms. The van der Waals surface area contributed by atoms with Crippen molar-refractivity contribution in [1.29, 1.82) is 0 Å². The number of rotatable bonds is 1. The van der Waals surface area contributed by atoms with Crippen LogP contribution in [0.1, 0.15) is 12.5 Å². The van der Waals surface area contributed by atoms with E-state index < -0.39 is 6.04 Å². The number of halogens is 1. The van der Waals surface area contributed by atoms with E-state index in [2.05, 4.69) is 10.6 Å². The van der Waals surface area contributed by atoms with Gasteiger partial charge in [0.2, 0.25) is 5.91 Å². The standard InChI is InChI=1S/C12H11ClN2O2/c1-7-11(16)15-10(12(17)14-7)6-8-4-2-3-5-9(8)13/h2-7H,1H3,(H,14,17)(H,15,16)/t7-/m0/s1. The highest BCUT2D eigenvalue weighted by Gasteiger charge is 2.25. The Kier molecular flexibility index (Phi) is 3.15. The van der Waals surface area contributed by atoms with Crippen LogP contribution in [0.25, 0.3) is 6.08 Å². The second-order valence-corrected chi connectivity index (χ2v) is 4.17. The summed E-state index contributed by atoms with van der Waals surface area (Å²) >= 11 is 5.97. The predicted molar refractivity (Wildman–Crippen MR) is 65.2 cm³/mol. The molecule has 1 aromatic carbocycles. The number of nitrogens with one attached hydrogen (secondary N) is 2. The third-order valence-corrected chi connectivity index (χ3v) is 2.79. The molecule has 17 heavy (non-hydrogen) atoms. The van der Waals surface area contributed by atoms with E-state index >= 15 is 0 Å². The zero-order valence-electron chi connectivity index (χ0n) is 9.16. The molecule has 5 heteroatoms. The molecule has 0 unspecified atom stereocenters. The monoisotopic (exact) mass is 250 g/mol. The topological polar surface area (TPSA) is 58.2 Å². The average molecular weight is 251 g/mol. The van der Waals surface area contributed by atoms with Crippen LogP contribution in [0.5, 0.6) is 0 Å². The van der Waals surface area contributed by atoms with Gasteiger partial charge in [-0.1, -0.05) is 29.8 Å². The molecular weight excluding hydrogens is 240 g/mol. The molecule has 1 aromatic rings. The van der Waals surface area contributed by atoms with E-state index in [9.17, 15) is 9.59 Å². The van der Waals surface area contributed by atoms with Gasteiger partial charge in [0, 0.05) is 5.02 Å². The lowest BCUT2D eigenvalue weighted by Gasteiger charge is -2.22. The molecule has 0 aliphatic carbocycles. The third kappa shape index (κ3) is 2.47. The quantitative estimate of drug-likeness (QED) is 0.739. The molecule has 4 nitrogen and oxygen atoms in total. The maximum absolute atomic E-state index is 11.6. The van der Waals surface area contributed by atoms with Crippen molar-refractivity contribution < 1.29 is 9.59 Å². The molecule has 2 amide bonds. The summed E-state index contributed by atoms with van der Waals surface area (Å²) in [7, 11) is 0. The number of carbonyl (C=O) groups is 2. The van der Waals surface area contributed by atoms with Crippen LogP contribution in [0, 0.1) is 0 Å².